The molecular weight excluding hydrogens is 567 g/mol. The standard InChI is InChI=1S/C30H28Cl2N4O5/c1-17-26(34-30(40)41-18(2)22-9-5-7-11-24(22)32)27(35-36(17)3)19-12-14-20(15-13-19)28(37)33-25(29(38)39)16-21-8-4-6-10-23(21)31/h4-15,18,25H,16H2,1-3H3,(H,33,37)(H,34,40)(H,38,39). The van der Waals surface area contributed by atoms with Crippen LogP contribution < -0.4 is 10.6 Å². The van der Waals surface area contributed by atoms with Crippen molar-refractivity contribution in [1.29, 1.82) is 0 Å². The van der Waals surface area contributed by atoms with Crippen LogP contribution in [0, 0.1) is 6.92 Å². The number of amides is 2. The van der Waals surface area contributed by atoms with Crippen LogP contribution in [-0.2, 0) is 23.0 Å². The fraction of sp³-hybridized carbons (Fsp3) is 0.200. The SMILES string of the molecule is Cc1c(NC(=O)OC(C)c2ccccc2Cl)c(-c2ccc(C(=O)NC(Cc3ccccc3Cl)C(=O)O)cc2)nn1C. The molecule has 3 N–H and O–H groups in total. The highest BCUT2D eigenvalue weighted by molar-refractivity contribution is 6.31. The third-order valence-corrected chi connectivity index (χ3v) is 7.31. The third kappa shape index (κ3) is 7.06. The smallest absolute Gasteiger partial charge is 0.412 e. The van der Waals surface area contributed by atoms with E-state index >= 15 is 0 Å². The number of carboxylic acids is 1. The lowest BCUT2D eigenvalue weighted by Gasteiger charge is -2.16. The lowest BCUT2D eigenvalue weighted by atomic mass is 10.0. The van der Waals surface area contributed by atoms with Crippen molar-refractivity contribution < 1.29 is 24.2 Å². The van der Waals surface area contributed by atoms with Gasteiger partial charge >= 0.3 is 12.1 Å². The molecule has 4 aromatic rings. The molecule has 212 valence electrons. The first-order chi connectivity index (χ1) is 19.5. The Bertz CT molecular complexity index is 1590. The Morgan fingerprint density at radius 2 is 1.61 bits per heavy atom. The summed E-state index contributed by atoms with van der Waals surface area (Å²) >= 11 is 12.4. The number of carboxylic acid groups (broad SMARTS) is 1. The summed E-state index contributed by atoms with van der Waals surface area (Å²) in [5, 5.41) is 20.4. The van der Waals surface area contributed by atoms with E-state index in [0.717, 1.165) is 0 Å². The first-order valence-electron chi connectivity index (χ1n) is 12.7. The van der Waals surface area contributed by atoms with Gasteiger partial charge in [-0.1, -0.05) is 71.7 Å². The van der Waals surface area contributed by atoms with Crippen LogP contribution in [0.1, 0.15) is 40.2 Å². The van der Waals surface area contributed by atoms with E-state index < -0.39 is 30.1 Å². The summed E-state index contributed by atoms with van der Waals surface area (Å²) in [5.74, 6) is -1.73. The first-order valence-corrected chi connectivity index (χ1v) is 13.4. The van der Waals surface area contributed by atoms with E-state index in [4.69, 9.17) is 27.9 Å². The van der Waals surface area contributed by atoms with Crippen LogP contribution >= 0.6 is 23.2 Å². The predicted octanol–water partition coefficient (Wildman–Crippen LogP) is 6.44. The van der Waals surface area contributed by atoms with Gasteiger partial charge in [0.25, 0.3) is 5.91 Å². The van der Waals surface area contributed by atoms with Gasteiger partial charge in [0.1, 0.15) is 17.8 Å². The van der Waals surface area contributed by atoms with Gasteiger partial charge in [0.2, 0.25) is 0 Å². The normalized spacial score (nSPS) is 12.3. The predicted molar refractivity (Wildman–Crippen MR) is 157 cm³/mol. The van der Waals surface area contributed by atoms with Crippen molar-refractivity contribution in [3.05, 3.63) is 105 Å². The van der Waals surface area contributed by atoms with Gasteiger partial charge < -0.3 is 15.2 Å². The lowest BCUT2D eigenvalue weighted by Crippen LogP contribution is -2.42. The molecule has 0 bridgehead atoms. The number of benzene rings is 3. The van der Waals surface area contributed by atoms with Crippen molar-refractivity contribution in [2.45, 2.75) is 32.4 Å². The van der Waals surface area contributed by atoms with Gasteiger partial charge in [0.05, 0.1) is 11.4 Å². The van der Waals surface area contributed by atoms with Crippen LogP contribution in [0.4, 0.5) is 10.5 Å². The number of nitrogens with zero attached hydrogens (tertiary/aromatic N) is 2. The molecule has 2 unspecified atom stereocenters. The minimum absolute atomic E-state index is 0.0340. The maximum atomic E-state index is 12.9. The number of rotatable bonds is 9. The largest absolute Gasteiger partial charge is 0.480 e. The van der Waals surface area contributed by atoms with E-state index in [9.17, 15) is 19.5 Å². The molecule has 1 aromatic heterocycles. The fourth-order valence-electron chi connectivity index (χ4n) is 4.23. The van der Waals surface area contributed by atoms with Crippen molar-refractivity contribution in [2.75, 3.05) is 5.32 Å². The number of halogens is 2. The molecule has 2 amide bonds. The summed E-state index contributed by atoms with van der Waals surface area (Å²) in [7, 11) is 1.74. The summed E-state index contributed by atoms with van der Waals surface area (Å²) in [6.45, 7) is 3.53. The van der Waals surface area contributed by atoms with Gasteiger partial charge in [-0.15, -0.1) is 0 Å². The Kier molecular flexibility index (Phi) is 9.31. The number of carbonyl (C=O) groups excluding carboxylic acids is 2. The number of hydrogen-bond donors (Lipinski definition) is 3. The highest BCUT2D eigenvalue weighted by atomic mass is 35.5. The van der Waals surface area contributed by atoms with Crippen LogP contribution in [0.3, 0.4) is 0 Å². The zero-order valence-corrected chi connectivity index (χ0v) is 24.0. The molecule has 2 atom stereocenters. The third-order valence-electron chi connectivity index (χ3n) is 6.59. The van der Waals surface area contributed by atoms with Crippen LogP contribution in [0.15, 0.2) is 72.8 Å². The monoisotopic (exact) mass is 594 g/mol. The summed E-state index contributed by atoms with van der Waals surface area (Å²) in [5.41, 5.74) is 3.79. The van der Waals surface area contributed by atoms with Crippen molar-refractivity contribution >= 4 is 46.9 Å². The molecule has 9 nitrogen and oxygen atoms in total. The molecule has 11 heteroatoms. The van der Waals surface area contributed by atoms with E-state index in [1.165, 1.54) is 0 Å². The lowest BCUT2D eigenvalue weighted by molar-refractivity contribution is -0.139. The minimum Gasteiger partial charge on any atom is -0.480 e. The number of ether oxygens (including phenoxy) is 1. The summed E-state index contributed by atoms with van der Waals surface area (Å²) < 4.78 is 7.17. The Morgan fingerprint density at radius 1 is 0.976 bits per heavy atom. The topological polar surface area (TPSA) is 123 Å². The molecule has 0 aliphatic heterocycles. The van der Waals surface area contributed by atoms with E-state index in [0.29, 0.717) is 43.8 Å². The Morgan fingerprint density at radius 3 is 2.24 bits per heavy atom. The maximum absolute atomic E-state index is 12.9. The molecule has 0 saturated carbocycles. The number of hydrogen-bond acceptors (Lipinski definition) is 5. The second kappa shape index (κ2) is 12.9. The van der Waals surface area contributed by atoms with Crippen LogP contribution in [-0.4, -0.2) is 38.9 Å². The van der Waals surface area contributed by atoms with E-state index in [1.54, 1.807) is 92.3 Å². The van der Waals surface area contributed by atoms with Crippen LogP contribution in [0.5, 0.6) is 0 Å². The van der Waals surface area contributed by atoms with Crippen molar-refractivity contribution in [2.24, 2.45) is 7.05 Å². The number of aromatic nitrogens is 2. The maximum Gasteiger partial charge on any atom is 0.412 e. The summed E-state index contributed by atoms with van der Waals surface area (Å²) in [6, 6.07) is 19.3. The van der Waals surface area contributed by atoms with Crippen molar-refractivity contribution in [3.8, 4) is 11.3 Å². The number of nitrogens with one attached hydrogen (secondary N) is 2. The van der Waals surface area contributed by atoms with Gasteiger partial charge in [-0.3, -0.25) is 14.8 Å². The number of anilines is 1. The molecule has 0 aliphatic rings. The molecule has 0 aliphatic carbocycles. The summed E-state index contributed by atoms with van der Waals surface area (Å²) in [4.78, 5) is 37.5. The highest BCUT2D eigenvalue weighted by Gasteiger charge is 2.23. The van der Waals surface area contributed by atoms with E-state index in [1.807, 2.05) is 6.07 Å². The van der Waals surface area contributed by atoms with Crippen LogP contribution in [0.25, 0.3) is 11.3 Å². The Balaban J connectivity index is 1.48. The Hall–Kier alpha value is -4.34. The molecule has 1 heterocycles. The molecule has 4 rings (SSSR count). The van der Waals surface area contributed by atoms with Gasteiger partial charge in [-0.25, -0.2) is 9.59 Å². The zero-order valence-electron chi connectivity index (χ0n) is 22.5. The molecule has 41 heavy (non-hydrogen) atoms. The molecule has 0 radical (unpaired) electrons. The van der Waals surface area contributed by atoms with Gasteiger partial charge in [-0.2, -0.15) is 5.10 Å². The van der Waals surface area contributed by atoms with Gasteiger partial charge in [0.15, 0.2) is 0 Å². The van der Waals surface area contributed by atoms with Crippen LogP contribution in [0.2, 0.25) is 10.0 Å². The molecule has 0 spiro atoms. The second-order valence-corrected chi connectivity index (χ2v) is 10.2. The average Bonchev–Trinajstić information content (AvgIpc) is 3.22. The Labute approximate surface area is 247 Å². The number of aliphatic carboxylic acids is 1. The molecule has 0 fully saturated rings. The van der Waals surface area contributed by atoms with E-state index in [-0.39, 0.29) is 12.0 Å². The zero-order chi connectivity index (χ0) is 29.7. The quantitative estimate of drug-likeness (QED) is 0.205. The van der Waals surface area contributed by atoms with Crippen molar-refractivity contribution in [1.82, 2.24) is 15.1 Å². The summed E-state index contributed by atoms with van der Waals surface area (Å²) in [6.07, 6.45) is -1.23. The molecule has 3 aromatic carbocycles. The van der Waals surface area contributed by atoms with E-state index in [2.05, 4.69) is 15.7 Å². The fourth-order valence-corrected chi connectivity index (χ4v) is 4.73. The molecule has 0 saturated heterocycles. The van der Waals surface area contributed by atoms with Gasteiger partial charge in [-0.05, 0) is 43.7 Å². The minimum atomic E-state index is -1.18. The first kappa shape index (κ1) is 29.6. The van der Waals surface area contributed by atoms with Crippen molar-refractivity contribution in [3.63, 3.8) is 0 Å². The second-order valence-electron chi connectivity index (χ2n) is 9.36. The number of carbonyl (C=O) groups is 3. The average molecular weight is 595 g/mol. The number of aryl methyl sites for hydroxylation is 1. The molecular formula is C30H28Cl2N4O5. The van der Waals surface area contributed by atoms with Gasteiger partial charge in [0, 0.05) is 40.2 Å². The highest BCUT2D eigenvalue weighted by Crippen LogP contribution is 2.31.